The van der Waals surface area contributed by atoms with Crippen LogP contribution < -0.4 is 4.74 Å². The van der Waals surface area contributed by atoms with E-state index in [2.05, 4.69) is 19.9 Å². The number of benzene rings is 1. The number of hydrogen-bond acceptors (Lipinski definition) is 5. The third-order valence-electron chi connectivity index (χ3n) is 4.37. The Morgan fingerprint density at radius 3 is 2.78 bits per heavy atom. The molecular weight excluding hydrogens is 378 g/mol. The minimum Gasteiger partial charge on any atom is -0.494 e. The van der Waals surface area contributed by atoms with Crippen molar-refractivity contribution in [1.82, 2.24) is 4.90 Å². The predicted molar refractivity (Wildman–Crippen MR) is 114 cm³/mol. The lowest BCUT2D eigenvalue weighted by Crippen LogP contribution is -2.27. The van der Waals surface area contributed by atoms with Crippen molar-refractivity contribution in [2.75, 3.05) is 6.61 Å². The van der Waals surface area contributed by atoms with Gasteiger partial charge in [-0.25, -0.2) is 0 Å². The number of carbonyl (C=O) groups is 1. The van der Waals surface area contributed by atoms with E-state index in [1.807, 2.05) is 32.1 Å². The van der Waals surface area contributed by atoms with Crippen molar-refractivity contribution >= 4 is 40.3 Å². The van der Waals surface area contributed by atoms with E-state index in [0.29, 0.717) is 34.1 Å². The first-order valence-corrected chi connectivity index (χ1v) is 10.2. The summed E-state index contributed by atoms with van der Waals surface area (Å²) >= 11 is 6.74. The minimum absolute atomic E-state index is 0.0826. The van der Waals surface area contributed by atoms with E-state index in [1.165, 1.54) is 11.8 Å². The second-order valence-electron chi connectivity index (χ2n) is 6.68. The molecule has 1 aliphatic heterocycles. The molecule has 0 unspecified atom stereocenters. The highest BCUT2D eigenvalue weighted by atomic mass is 32.2. The Balaban J connectivity index is 1.91. The van der Waals surface area contributed by atoms with E-state index in [0.717, 1.165) is 22.4 Å². The number of nitrogens with zero attached hydrogens (tertiary/aromatic N) is 1. The van der Waals surface area contributed by atoms with E-state index >= 15 is 0 Å². The molecule has 4 nitrogen and oxygen atoms in total. The highest BCUT2D eigenvalue weighted by molar-refractivity contribution is 8.26. The van der Waals surface area contributed by atoms with Crippen LogP contribution in [0.2, 0.25) is 0 Å². The van der Waals surface area contributed by atoms with Crippen molar-refractivity contribution in [3.8, 4) is 5.75 Å². The Morgan fingerprint density at radius 2 is 2.15 bits per heavy atom. The van der Waals surface area contributed by atoms with Gasteiger partial charge in [0.2, 0.25) is 0 Å². The first-order chi connectivity index (χ1) is 12.9. The molecule has 1 saturated heterocycles. The molecule has 6 heteroatoms. The minimum atomic E-state index is -0.0826. The first kappa shape index (κ1) is 19.7. The standard InChI is InChI=1S/C21H23NO3S2/c1-5-24-18-9-14(4)15(10-17(18)13(2)3)11-19-20(23)22(21(26)27-19)12-16-7-6-8-25-16/h6-11,13H,5,12H2,1-4H3/b19-11-. The van der Waals surface area contributed by atoms with Gasteiger partial charge in [-0.3, -0.25) is 9.69 Å². The van der Waals surface area contributed by atoms with Crippen LogP contribution >= 0.6 is 24.0 Å². The van der Waals surface area contributed by atoms with Crippen molar-refractivity contribution in [2.45, 2.75) is 40.2 Å². The van der Waals surface area contributed by atoms with Gasteiger partial charge in [-0.15, -0.1) is 0 Å². The number of carbonyl (C=O) groups excluding carboxylic acids is 1. The summed E-state index contributed by atoms with van der Waals surface area (Å²) in [6.45, 7) is 9.28. The number of furan rings is 1. The van der Waals surface area contributed by atoms with Gasteiger partial charge in [0.1, 0.15) is 15.8 Å². The lowest BCUT2D eigenvalue weighted by molar-refractivity contribution is -0.122. The van der Waals surface area contributed by atoms with Gasteiger partial charge in [-0.2, -0.15) is 0 Å². The summed E-state index contributed by atoms with van der Waals surface area (Å²) < 4.78 is 11.7. The van der Waals surface area contributed by atoms with Gasteiger partial charge in [0, 0.05) is 0 Å². The van der Waals surface area contributed by atoms with Crippen LogP contribution in [-0.4, -0.2) is 21.7 Å². The van der Waals surface area contributed by atoms with Gasteiger partial charge in [-0.1, -0.05) is 37.8 Å². The number of hydrogen-bond donors (Lipinski definition) is 0. The molecular formula is C21H23NO3S2. The van der Waals surface area contributed by atoms with Gasteiger partial charge in [0.15, 0.2) is 0 Å². The fourth-order valence-corrected chi connectivity index (χ4v) is 4.18. The smallest absolute Gasteiger partial charge is 0.266 e. The zero-order valence-electron chi connectivity index (χ0n) is 15.9. The third-order valence-corrected chi connectivity index (χ3v) is 5.75. The molecule has 0 saturated carbocycles. The third kappa shape index (κ3) is 4.28. The lowest BCUT2D eigenvalue weighted by Gasteiger charge is -2.16. The molecule has 0 aliphatic carbocycles. The van der Waals surface area contributed by atoms with E-state index in [-0.39, 0.29) is 5.91 Å². The maximum Gasteiger partial charge on any atom is 0.266 e. The van der Waals surface area contributed by atoms with Crippen LogP contribution in [0.4, 0.5) is 0 Å². The van der Waals surface area contributed by atoms with Crippen LogP contribution in [-0.2, 0) is 11.3 Å². The Kier molecular flexibility index (Phi) is 6.07. The number of thioether (sulfide) groups is 1. The Hall–Kier alpha value is -2.05. The molecule has 0 N–H and O–H groups in total. The molecule has 3 rings (SSSR count). The zero-order chi connectivity index (χ0) is 19.6. The summed E-state index contributed by atoms with van der Waals surface area (Å²) in [6, 6.07) is 7.81. The van der Waals surface area contributed by atoms with Gasteiger partial charge in [-0.05, 0) is 66.8 Å². The van der Waals surface area contributed by atoms with Crippen molar-refractivity contribution in [2.24, 2.45) is 0 Å². The van der Waals surface area contributed by atoms with E-state index < -0.39 is 0 Å². The molecule has 2 heterocycles. The molecule has 0 spiro atoms. The summed E-state index contributed by atoms with van der Waals surface area (Å²) in [5.41, 5.74) is 3.22. The van der Waals surface area contributed by atoms with Crippen molar-refractivity contribution < 1.29 is 13.9 Å². The molecule has 2 aromatic rings. The largest absolute Gasteiger partial charge is 0.494 e. The van der Waals surface area contributed by atoms with Crippen molar-refractivity contribution in [3.05, 3.63) is 57.9 Å². The van der Waals surface area contributed by atoms with Gasteiger partial charge in [0.25, 0.3) is 5.91 Å². The second-order valence-corrected chi connectivity index (χ2v) is 8.36. The molecule has 1 fully saturated rings. The molecule has 1 aromatic carbocycles. The van der Waals surface area contributed by atoms with Crippen LogP contribution in [0, 0.1) is 6.92 Å². The molecule has 27 heavy (non-hydrogen) atoms. The average Bonchev–Trinajstić information content (AvgIpc) is 3.21. The second kappa shape index (κ2) is 8.31. The number of ether oxygens (including phenoxy) is 1. The quantitative estimate of drug-likeness (QED) is 0.471. The maximum atomic E-state index is 12.8. The number of rotatable bonds is 6. The van der Waals surface area contributed by atoms with Crippen LogP contribution in [0.3, 0.4) is 0 Å². The van der Waals surface area contributed by atoms with Crippen LogP contribution in [0.15, 0.2) is 39.9 Å². The number of thiocarbonyl (C=S) groups is 1. The highest BCUT2D eigenvalue weighted by Crippen LogP contribution is 2.36. The molecule has 0 bridgehead atoms. The maximum absolute atomic E-state index is 12.8. The summed E-state index contributed by atoms with van der Waals surface area (Å²) in [5, 5.41) is 0. The highest BCUT2D eigenvalue weighted by Gasteiger charge is 2.32. The molecule has 0 radical (unpaired) electrons. The monoisotopic (exact) mass is 401 g/mol. The normalized spacial score (nSPS) is 16.0. The van der Waals surface area contributed by atoms with E-state index in [1.54, 1.807) is 17.2 Å². The molecule has 1 amide bonds. The Bertz CT molecular complexity index is 885. The zero-order valence-corrected chi connectivity index (χ0v) is 17.6. The fourth-order valence-electron chi connectivity index (χ4n) is 2.94. The molecule has 1 aliphatic rings. The van der Waals surface area contributed by atoms with Crippen molar-refractivity contribution in [1.29, 1.82) is 0 Å². The lowest BCUT2D eigenvalue weighted by atomic mass is 9.96. The Morgan fingerprint density at radius 1 is 1.37 bits per heavy atom. The topological polar surface area (TPSA) is 42.7 Å². The summed E-state index contributed by atoms with van der Waals surface area (Å²) in [5.74, 6) is 1.87. The first-order valence-electron chi connectivity index (χ1n) is 8.95. The average molecular weight is 402 g/mol. The van der Waals surface area contributed by atoms with Gasteiger partial charge in [0.05, 0.1) is 24.3 Å². The van der Waals surface area contributed by atoms with Crippen LogP contribution in [0.5, 0.6) is 5.75 Å². The summed E-state index contributed by atoms with van der Waals surface area (Å²) in [6.07, 6.45) is 3.53. The summed E-state index contributed by atoms with van der Waals surface area (Å²) in [4.78, 5) is 15.0. The Labute approximate surface area is 169 Å². The molecule has 1 aromatic heterocycles. The molecule has 142 valence electrons. The van der Waals surface area contributed by atoms with Crippen molar-refractivity contribution in [3.63, 3.8) is 0 Å². The molecule has 0 atom stereocenters. The van der Waals surface area contributed by atoms with Gasteiger partial charge >= 0.3 is 0 Å². The van der Waals surface area contributed by atoms with Gasteiger partial charge < -0.3 is 9.15 Å². The van der Waals surface area contributed by atoms with Crippen LogP contribution in [0.25, 0.3) is 6.08 Å². The predicted octanol–water partition coefficient (Wildman–Crippen LogP) is 5.51. The SMILES string of the molecule is CCOc1cc(C)c(/C=C2\SC(=S)N(Cc3ccco3)C2=O)cc1C(C)C. The van der Waals surface area contributed by atoms with E-state index in [4.69, 9.17) is 21.4 Å². The fraction of sp³-hybridized carbons (Fsp3) is 0.333. The summed E-state index contributed by atoms with van der Waals surface area (Å²) in [7, 11) is 0. The van der Waals surface area contributed by atoms with E-state index in [9.17, 15) is 4.79 Å². The van der Waals surface area contributed by atoms with Crippen LogP contribution in [0.1, 0.15) is 49.1 Å². The number of aryl methyl sites for hydroxylation is 1. The number of amides is 1.